The van der Waals surface area contributed by atoms with E-state index >= 15 is 0 Å². The summed E-state index contributed by atoms with van der Waals surface area (Å²) in [6, 6.07) is 3.01. The second-order valence-corrected chi connectivity index (χ2v) is 4.40. The topological polar surface area (TPSA) is 104 Å². The minimum atomic E-state index is -1.14. The summed E-state index contributed by atoms with van der Waals surface area (Å²) >= 11 is 0. The number of methoxy groups -OCH3 is 2. The predicted molar refractivity (Wildman–Crippen MR) is 83.0 cm³/mol. The SMILES string of the molecule is COc1cc(OC)nc(Oc2nc(C)cc(C)c2C(=O)O)n1.[KH]. The van der Waals surface area contributed by atoms with Gasteiger partial charge in [0, 0.05) is 5.69 Å². The van der Waals surface area contributed by atoms with Crippen molar-refractivity contribution in [3.05, 3.63) is 29.0 Å². The van der Waals surface area contributed by atoms with Crippen LogP contribution in [0.3, 0.4) is 0 Å². The molecule has 9 heteroatoms. The Morgan fingerprint density at radius 1 is 1.04 bits per heavy atom. The Labute approximate surface area is 175 Å². The number of nitrogens with zero attached hydrogens (tertiary/aromatic N) is 3. The van der Waals surface area contributed by atoms with E-state index < -0.39 is 5.97 Å². The van der Waals surface area contributed by atoms with Gasteiger partial charge in [0.2, 0.25) is 17.6 Å². The molecule has 0 aliphatic heterocycles. The number of carbonyl (C=O) groups is 1. The van der Waals surface area contributed by atoms with E-state index in [0.29, 0.717) is 11.3 Å². The summed E-state index contributed by atoms with van der Waals surface area (Å²) in [5.74, 6) is -0.777. The molecule has 2 aromatic heterocycles. The van der Waals surface area contributed by atoms with Crippen LogP contribution in [0.1, 0.15) is 21.6 Å². The monoisotopic (exact) mass is 345 g/mol. The summed E-state index contributed by atoms with van der Waals surface area (Å²) in [6.45, 7) is 3.40. The van der Waals surface area contributed by atoms with Gasteiger partial charge < -0.3 is 19.3 Å². The molecule has 2 rings (SSSR count). The van der Waals surface area contributed by atoms with Crippen molar-refractivity contribution in [1.82, 2.24) is 15.0 Å². The first kappa shape index (κ1) is 19.8. The van der Waals surface area contributed by atoms with Gasteiger partial charge in [-0.25, -0.2) is 9.78 Å². The molecule has 23 heavy (non-hydrogen) atoms. The summed E-state index contributed by atoms with van der Waals surface area (Å²) in [5.41, 5.74) is 1.10. The molecule has 0 saturated heterocycles. The summed E-state index contributed by atoms with van der Waals surface area (Å²) in [7, 11) is 2.87. The third-order valence-electron chi connectivity index (χ3n) is 2.79. The van der Waals surface area contributed by atoms with Crippen LogP contribution < -0.4 is 14.2 Å². The number of aryl methyl sites for hydroxylation is 2. The van der Waals surface area contributed by atoms with Crippen molar-refractivity contribution in [2.75, 3.05) is 14.2 Å². The van der Waals surface area contributed by atoms with E-state index in [0.717, 1.165) is 0 Å². The molecular formula is C14H16KN3O5. The second-order valence-electron chi connectivity index (χ2n) is 4.40. The molecule has 0 unspecified atom stereocenters. The van der Waals surface area contributed by atoms with Crippen LogP contribution in [-0.4, -0.2) is 91.6 Å². The Morgan fingerprint density at radius 3 is 2.09 bits per heavy atom. The fraction of sp³-hybridized carbons (Fsp3) is 0.286. The zero-order valence-corrected chi connectivity index (χ0v) is 12.6. The number of carboxylic acid groups (broad SMARTS) is 1. The number of ether oxygens (including phenoxy) is 3. The first-order valence-electron chi connectivity index (χ1n) is 6.31. The predicted octanol–water partition coefficient (Wildman–Crippen LogP) is 1.35. The van der Waals surface area contributed by atoms with Crippen LogP contribution in [0.25, 0.3) is 0 Å². The molecular weight excluding hydrogens is 329 g/mol. The summed E-state index contributed by atoms with van der Waals surface area (Å²) < 4.78 is 15.5. The van der Waals surface area contributed by atoms with Crippen molar-refractivity contribution in [3.8, 4) is 23.7 Å². The average molecular weight is 345 g/mol. The molecule has 8 nitrogen and oxygen atoms in total. The summed E-state index contributed by atoms with van der Waals surface area (Å²) in [4.78, 5) is 23.4. The van der Waals surface area contributed by atoms with Gasteiger partial charge >= 0.3 is 63.4 Å². The van der Waals surface area contributed by atoms with E-state index in [1.807, 2.05) is 0 Å². The fourth-order valence-electron chi connectivity index (χ4n) is 1.86. The van der Waals surface area contributed by atoms with Crippen LogP contribution >= 0.6 is 0 Å². The molecule has 0 spiro atoms. The van der Waals surface area contributed by atoms with Crippen molar-refractivity contribution in [2.45, 2.75) is 13.8 Å². The Bertz CT molecular complexity index is 702. The second kappa shape index (κ2) is 8.55. The van der Waals surface area contributed by atoms with E-state index in [1.165, 1.54) is 20.3 Å². The number of pyridine rings is 1. The van der Waals surface area contributed by atoms with Gasteiger partial charge in [-0.15, -0.1) is 0 Å². The van der Waals surface area contributed by atoms with Crippen LogP contribution in [0.5, 0.6) is 23.7 Å². The van der Waals surface area contributed by atoms with Crippen molar-refractivity contribution >= 4 is 57.4 Å². The van der Waals surface area contributed by atoms with Crippen molar-refractivity contribution in [2.24, 2.45) is 0 Å². The molecule has 0 fully saturated rings. The van der Waals surface area contributed by atoms with Crippen LogP contribution in [-0.2, 0) is 0 Å². The van der Waals surface area contributed by atoms with E-state index in [9.17, 15) is 9.90 Å². The molecule has 2 heterocycles. The molecule has 0 bridgehead atoms. The Hall–Kier alpha value is -1.26. The molecule has 0 atom stereocenters. The Morgan fingerprint density at radius 2 is 1.61 bits per heavy atom. The molecule has 0 amide bonds. The maximum atomic E-state index is 11.4. The van der Waals surface area contributed by atoms with Crippen molar-refractivity contribution in [3.63, 3.8) is 0 Å². The number of hydrogen-bond donors (Lipinski definition) is 1. The van der Waals surface area contributed by atoms with Crippen LogP contribution in [0, 0.1) is 13.8 Å². The average Bonchev–Trinajstić information content (AvgIpc) is 2.45. The van der Waals surface area contributed by atoms with E-state index in [1.54, 1.807) is 19.9 Å². The third kappa shape index (κ3) is 4.85. The zero-order chi connectivity index (χ0) is 16.3. The molecule has 0 aliphatic carbocycles. The van der Waals surface area contributed by atoms with Gasteiger partial charge in [-0.2, -0.15) is 9.97 Å². The standard InChI is InChI=1S/C14H15N3O5.K.H/c1-7-5-8(2)15-12(11(7)13(18)19)22-14-16-9(20-3)6-10(17-14)21-4;;/h5-6H,1-4H3,(H,18,19);;. The summed E-state index contributed by atoms with van der Waals surface area (Å²) in [6.07, 6.45) is 0. The minimum absolute atomic E-state index is 0. The quantitative estimate of drug-likeness (QED) is 0.810. The van der Waals surface area contributed by atoms with Gasteiger partial charge in [0.25, 0.3) is 0 Å². The number of aromatic carboxylic acids is 1. The number of aromatic nitrogens is 3. The fourth-order valence-corrected chi connectivity index (χ4v) is 1.86. The van der Waals surface area contributed by atoms with Gasteiger partial charge in [0.15, 0.2) is 0 Å². The molecule has 0 aliphatic rings. The van der Waals surface area contributed by atoms with Gasteiger partial charge in [0.05, 0.1) is 20.3 Å². The maximum absolute atomic E-state index is 11.4. The number of hydrogen-bond acceptors (Lipinski definition) is 7. The Kier molecular flexibility index (Phi) is 7.35. The number of carboxylic acids is 1. The first-order valence-corrected chi connectivity index (χ1v) is 6.31. The zero-order valence-electron chi connectivity index (χ0n) is 12.6. The normalized spacial score (nSPS) is 9.74. The van der Waals surface area contributed by atoms with Crippen LogP contribution in [0.4, 0.5) is 0 Å². The molecule has 1 N–H and O–H groups in total. The molecule has 0 radical (unpaired) electrons. The molecule has 118 valence electrons. The summed E-state index contributed by atoms with van der Waals surface area (Å²) in [5, 5.41) is 9.31. The third-order valence-corrected chi connectivity index (χ3v) is 2.79. The molecule has 0 aromatic carbocycles. The molecule has 0 saturated carbocycles. The van der Waals surface area contributed by atoms with E-state index in [4.69, 9.17) is 14.2 Å². The van der Waals surface area contributed by atoms with Gasteiger partial charge in [-0.3, -0.25) is 0 Å². The van der Waals surface area contributed by atoms with E-state index in [-0.39, 0.29) is 80.6 Å². The van der Waals surface area contributed by atoms with Gasteiger partial charge in [0.1, 0.15) is 5.56 Å². The van der Waals surface area contributed by atoms with Crippen LogP contribution in [0.15, 0.2) is 12.1 Å². The van der Waals surface area contributed by atoms with Gasteiger partial charge in [-0.05, 0) is 25.5 Å². The van der Waals surface area contributed by atoms with Crippen molar-refractivity contribution in [1.29, 1.82) is 0 Å². The number of rotatable bonds is 5. The Balaban J connectivity index is 0.00000264. The molecule has 2 aromatic rings. The van der Waals surface area contributed by atoms with E-state index in [2.05, 4.69) is 15.0 Å². The van der Waals surface area contributed by atoms with Crippen LogP contribution in [0.2, 0.25) is 0 Å². The van der Waals surface area contributed by atoms with Crippen molar-refractivity contribution < 1.29 is 24.1 Å². The first-order chi connectivity index (χ1) is 10.4. The van der Waals surface area contributed by atoms with Gasteiger partial charge in [-0.1, -0.05) is 0 Å².